The monoisotopic (exact) mass is 810 g/mol. The average molecular weight is 811 g/mol. The van der Waals surface area contributed by atoms with Gasteiger partial charge in [0.2, 0.25) is 17.8 Å². The number of rotatable bonds is 13. The van der Waals surface area contributed by atoms with Crippen LogP contribution in [0.1, 0.15) is 88.8 Å². The summed E-state index contributed by atoms with van der Waals surface area (Å²) in [5.41, 5.74) is 1.68. The molecule has 4 N–H and O–H groups in total. The van der Waals surface area contributed by atoms with Crippen molar-refractivity contribution in [3.05, 3.63) is 108 Å². The van der Waals surface area contributed by atoms with Crippen LogP contribution in [-0.4, -0.2) is 77.8 Å². The smallest absolute Gasteiger partial charge is 0.437 e. The zero-order chi connectivity index (χ0) is 42.0. The van der Waals surface area contributed by atoms with Crippen LogP contribution in [0.25, 0.3) is 0 Å². The lowest BCUT2D eigenvalue weighted by Gasteiger charge is -2.34. The van der Waals surface area contributed by atoms with Crippen LogP contribution in [0, 0.1) is 5.92 Å². The van der Waals surface area contributed by atoms with Gasteiger partial charge in [-0.25, -0.2) is 14.4 Å². The van der Waals surface area contributed by atoms with Gasteiger partial charge in [0.1, 0.15) is 30.9 Å². The maximum Gasteiger partial charge on any atom is 0.437 e. The molecule has 1 saturated carbocycles. The first-order valence-electron chi connectivity index (χ1n) is 20.6. The van der Waals surface area contributed by atoms with Gasteiger partial charge < -0.3 is 35.1 Å². The number of aliphatic imine (C=N–C) groups is 1. The highest BCUT2D eigenvalue weighted by Crippen LogP contribution is 2.28. The Labute approximate surface area is 346 Å². The van der Waals surface area contributed by atoms with Gasteiger partial charge in [0.05, 0.1) is 0 Å². The number of hydrogen-bond donors (Lipinski definition) is 4. The molecule has 1 heterocycles. The summed E-state index contributed by atoms with van der Waals surface area (Å²) < 4.78 is 16.3. The van der Waals surface area contributed by atoms with Crippen molar-refractivity contribution < 1.29 is 38.2 Å². The largest absolute Gasteiger partial charge is 0.444 e. The van der Waals surface area contributed by atoms with Crippen molar-refractivity contribution in [2.75, 3.05) is 13.1 Å². The van der Waals surface area contributed by atoms with Crippen LogP contribution in [0.15, 0.2) is 96.0 Å². The van der Waals surface area contributed by atoms with E-state index in [0.29, 0.717) is 32.4 Å². The Morgan fingerprint density at radius 1 is 0.678 bits per heavy atom. The van der Waals surface area contributed by atoms with Gasteiger partial charge >= 0.3 is 18.3 Å². The summed E-state index contributed by atoms with van der Waals surface area (Å²) in [4.78, 5) is 72.6. The molecule has 0 spiro atoms. The van der Waals surface area contributed by atoms with Crippen molar-refractivity contribution >= 4 is 36.1 Å². The van der Waals surface area contributed by atoms with Crippen molar-refractivity contribution in [1.29, 1.82) is 0 Å². The topological polar surface area (TPSA) is 177 Å². The maximum absolute atomic E-state index is 14.0. The third-order valence-corrected chi connectivity index (χ3v) is 10.2. The molecule has 1 unspecified atom stereocenters. The molecule has 2 fully saturated rings. The first-order valence-corrected chi connectivity index (χ1v) is 20.6. The lowest BCUT2D eigenvalue weighted by molar-refractivity contribution is -0.130. The van der Waals surface area contributed by atoms with Gasteiger partial charge in [-0.1, -0.05) is 123 Å². The van der Waals surface area contributed by atoms with Crippen LogP contribution in [0.3, 0.4) is 0 Å². The third-order valence-electron chi connectivity index (χ3n) is 10.2. The quantitative estimate of drug-likeness (QED) is 0.0824. The number of nitrogens with zero attached hydrogens (tertiary/aromatic N) is 2. The van der Waals surface area contributed by atoms with E-state index >= 15 is 0 Å². The third kappa shape index (κ3) is 15.7. The molecule has 1 aliphatic carbocycles. The number of alkyl carbamates (subject to hydrolysis) is 2. The molecule has 14 heteroatoms. The predicted molar refractivity (Wildman–Crippen MR) is 223 cm³/mol. The number of carbonyl (C=O) groups excluding carboxylic acids is 5. The number of likely N-dealkylation sites (tertiary alicyclic amines) is 1. The molecule has 0 aromatic heterocycles. The lowest BCUT2D eigenvalue weighted by atomic mass is 9.84. The van der Waals surface area contributed by atoms with Gasteiger partial charge in [-0.15, -0.1) is 4.99 Å². The molecule has 2 atom stereocenters. The van der Waals surface area contributed by atoms with Gasteiger partial charge in [0, 0.05) is 25.6 Å². The number of benzene rings is 3. The van der Waals surface area contributed by atoms with E-state index in [0.717, 1.165) is 48.8 Å². The SMILES string of the molecule is CC(C)(C)OC(=O)NC(CC1CCCCC1)C(=O)N[C@H](Cc1ccccc1)C(=O)NC1CCN(C(=NC(=O)OCc2ccccc2)NC(=O)OCc2ccccc2)CC1. The molecule has 316 valence electrons. The summed E-state index contributed by atoms with van der Waals surface area (Å²) in [6.07, 6.45) is 4.45. The Kier molecular flexibility index (Phi) is 16.7. The number of carbonyl (C=O) groups is 5. The van der Waals surface area contributed by atoms with Crippen molar-refractivity contribution in [3.63, 3.8) is 0 Å². The molecule has 0 radical (unpaired) electrons. The van der Waals surface area contributed by atoms with Gasteiger partial charge in [0.15, 0.2) is 0 Å². The van der Waals surface area contributed by atoms with Crippen molar-refractivity contribution in [1.82, 2.24) is 26.2 Å². The second-order valence-electron chi connectivity index (χ2n) is 16.1. The minimum Gasteiger partial charge on any atom is -0.444 e. The van der Waals surface area contributed by atoms with Crippen molar-refractivity contribution in [2.45, 2.75) is 115 Å². The number of amides is 5. The summed E-state index contributed by atoms with van der Waals surface area (Å²) in [5, 5.41) is 11.5. The molecule has 1 saturated heterocycles. The zero-order valence-corrected chi connectivity index (χ0v) is 34.3. The van der Waals surface area contributed by atoms with Crippen LogP contribution in [0.5, 0.6) is 0 Å². The fourth-order valence-electron chi connectivity index (χ4n) is 7.17. The molecule has 3 aromatic carbocycles. The predicted octanol–water partition coefficient (Wildman–Crippen LogP) is 6.78. The van der Waals surface area contributed by atoms with Crippen LogP contribution in [-0.2, 0) is 43.4 Å². The molecule has 2 aliphatic rings. The second kappa shape index (κ2) is 22.3. The van der Waals surface area contributed by atoms with Gasteiger partial charge in [-0.3, -0.25) is 14.9 Å². The van der Waals surface area contributed by atoms with Crippen molar-refractivity contribution in [3.8, 4) is 0 Å². The van der Waals surface area contributed by atoms with E-state index in [-0.39, 0.29) is 43.5 Å². The first-order chi connectivity index (χ1) is 28.4. The Balaban J connectivity index is 1.24. The van der Waals surface area contributed by atoms with E-state index < -0.39 is 41.9 Å². The van der Waals surface area contributed by atoms with Crippen LogP contribution in [0.2, 0.25) is 0 Å². The number of ether oxygens (including phenoxy) is 3. The second-order valence-corrected chi connectivity index (χ2v) is 16.1. The van der Waals surface area contributed by atoms with Crippen LogP contribution >= 0.6 is 0 Å². The summed E-state index contributed by atoms with van der Waals surface area (Å²) in [7, 11) is 0. The summed E-state index contributed by atoms with van der Waals surface area (Å²) >= 11 is 0. The highest BCUT2D eigenvalue weighted by molar-refractivity contribution is 5.99. The summed E-state index contributed by atoms with van der Waals surface area (Å²) in [5.74, 6) is -0.574. The van der Waals surface area contributed by atoms with Crippen LogP contribution < -0.4 is 21.3 Å². The fourth-order valence-corrected chi connectivity index (χ4v) is 7.17. The van der Waals surface area contributed by atoms with E-state index in [1.54, 1.807) is 25.7 Å². The summed E-state index contributed by atoms with van der Waals surface area (Å²) in [6, 6.07) is 25.7. The number of piperidine rings is 1. The van der Waals surface area contributed by atoms with Gasteiger partial charge in [-0.05, 0) is 62.6 Å². The Morgan fingerprint density at radius 3 is 1.81 bits per heavy atom. The molecule has 1 aliphatic heterocycles. The van der Waals surface area contributed by atoms with E-state index in [9.17, 15) is 24.0 Å². The van der Waals surface area contributed by atoms with E-state index in [1.165, 1.54) is 0 Å². The molecular formula is C45H58N6O8. The minimum absolute atomic E-state index is 0.00208. The van der Waals surface area contributed by atoms with E-state index in [4.69, 9.17) is 14.2 Å². The molecule has 5 amide bonds. The number of guanidine groups is 1. The first kappa shape index (κ1) is 44.2. The van der Waals surface area contributed by atoms with Crippen LogP contribution in [0.4, 0.5) is 14.4 Å². The Bertz CT molecular complexity index is 1840. The highest BCUT2D eigenvalue weighted by atomic mass is 16.6. The van der Waals surface area contributed by atoms with E-state index in [2.05, 4.69) is 26.3 Å². The lowest BCUT2D eigenvalue weighted by Crippen LogP contribution is -2.57. The maximum atomic E-state index is 14.0. The molecular weight excluding hydrogens is 753 g/mol. The molecule has 59 heavy (non-hydrogen) atoms. The number of nitrogens with one attached hydrogen (secondary N) is 4. The average Bonchev–Trinajstić information content (AvgIpc) is 3.22. The molecule has 14 nitrogen and oxygen atoms in total. The minimum atomic E-state index is -0.935. The molecule has 5 rings (SSSR count). The van der Waals surface area contributed by atoms with Crippen molar-refractivity contribution in [2.24, 2.45) is 10.9 Å². The van der Waals surface area contributed by atoms with Gasteiger partial charge in [-0.2, -0.15) is 0 Å². The van der Waals surface area contributed by atoms with Gasteiger partial charge in [0.25, 0.3) is 0 Å². The zero-order valence-electron chi connectivity index (χ0n) is 34.3. The fraction of sp³-hybridized carbons (Fsp3) is 0.467. The standard InChI is InChI=1S/C45H58N6O8/c1-45(2,3)59-44(56)48-38(29-33-18-10-5-11-19-33)40(53)47-37(28-32-16-8-4-9-17-32)39(52)46-36-24-26-51(27-25-36)41(49-42(54)57-30-34-20-12-6-13-21-34)50-43(55)58-31-35-22-14-7-15-23-35/h4,6-9,12-17,20-23,33,36-38H,5,10-11,18-19,24-31H2,1-3H3,(H,46,52)(H,47,53)(H,48,56)(H,49,50,54,55)/t37-,38?/m1/s1. The Hall–Kier alpha value is -5.92. The molecule has 3 aromatic rings. The molecule has 0 bridgehead atoms. The van der Waals surface area contributed by atoms with E-state index in [1.807, 2.05) is 91.0 Å². The Morgan fingerprint density at radius 2 is 1.24 bits per heavy atom. The highest BCUT2D eigenvalue weighted by Gasteiger charge is 2.33. The normalized spacial score (nSPS) is 16.2. The number of hydrogen-bond acceptors (Lipinski definition) is 8. The summed E-state index contributed by atoms with van der Waals surface area (Å²) in [6.45, 7) is 5.97.